The molecule has 0 bridgehead atoms. The molecule has 30 heavy (non-hydrogen) atoms. The molecule has 2 aromatic carbocycles. The zero-order chi connectivity index (χ0) is 20.5. The van der Waals surface area contributed by atoms with Crippen molar-refractivity contribution in [3.8, 4) is 28.5 Å². The van der Waals surface area contributed by atoms with Gasteiger partial charge in [-0.25, -0.2) is 4.98 Å². The second-order valence-corrected chi connectivity index (χ2v) is 7.54. The van der Waals surface area contributed by atoms with E-state index in [-0.39, 0.29) is 25.0 Å². The maximum absolute atomic E-state index is 12.6. The molecular formula is C21H17N3O5S. The minimum Gasteiger partial charge on any atom is -0.486 e. The highest BCUT2D eigenvalue weighted by Crippen LogP contribution is 2.35. The average Bonchev–Trinajstić information content (AvgIpc) is 3.24. The van der Waals surface area contributed by atoms with Crippen molar-refractivity contribution in [3.05, 3.63) is 47.8 Å². The van der Waals surface area contributed by atoms with Crippen LogP contribution in [0.5, 0.6) is 17.2 Å². The first-order valence-corrected chi connectivity index (χ1v) is 10.2. The van der Waals surface area contributed by atoms with E-state index in [1.165, 1.54) is 16.2 Å². The molecule has 2 aliphatic heterocycles. The number of benzene rings is 2. The molecule has 0 aliphatic carbocycles. The summed E-state index contributed by atoms with van der Waals surface area (Å²) in [6.45, 7) is 0.849. The second-order valence-electron chi connectivity index (χ2n) is 6.68. The van der Waals surface area contributed by atoms with E-state index in [9.17, 15) is 9.59 Å². The molecule has 0 spiro atoms. The lowest BCUT2D eigenvalue weighted by atomic mass is 10.1. The fourth-order valence-corrected chi connectivity index (χ4v) is 4.03. The highest BCUT2D eigenvalue weighted by molar-refractivity contribution is 7.14. The zero-order valence-corrected chi connectivity index (χ0v) is 16.6. The second kappa shape index (κ2) is 7.68. The topological polar surface area (TPSA) is 90.0 Å². The summed E-state index contributed by atoms with van der Waals surface area (Å²) < 4.78 is 16.6. The molecule has 0 fully saturated rings. The largest absolute Gasteiger partial charge is 0.486 e. The summed E-state index contributed by atoms with van der Waals surface area (Å²) in [6, 6.07) is 12.8. The number of nitrogens with one attached hydrogen (secondary N) is 1. The Bertz CT molecular complexity index is 1130. The Kier molecular flexibility index (Phi) is 4.72. The summed E-state index contributed by atoms with van der Waals surface area (Å²) in [6.07, 6.45) is 0. The van der Waals surface area contributed by atoms with E-state index in [1.807, 2.05) is 29.6 Å². The summed E-state index contributed by atoms with van der Waals surface area (Å²) in [5.41, 5.74) is 2.17. The maximum atomic E-state index is 12.6. The third-order valence-corrected chi connectivity index (χ3v) is 5.46. The minimum atomic E-state index is -0.330. The first kappa shape index (κ1) is 18.4. The number of fused-ring (bicyclic) bond motifs is 2. The van der Waals surface area contributed by atoms with Crippen LogP contribution in [-0.4, -0.2) is 43.2 Å². The quantitative estimate of drug-likeness (QED) is 0.694. The van der Waals surface area contributed by atoms with Gasteiger partial charge in [-0.05, 0) is 30.3 Å². The molecule has 9 heteroatoms. The predicted octanol–water partition coefficient (Wildman–Crippen LogP) is 2.95. The Balaban J connectivity index is 1.29. The van der Waals surface area contributed by atoms with Gasteiger partial charge in [-0.2, -0.15) is 0 Å². The van der Waals surface area contributed by atoms with Gasteiger partial charge in [0.1, 0.15) is 25.5 Å². The smallest absolute Gasteiger partial charge is 0.265 e. The van der Waals surface area contributed by atoms with Crippen LogP contribution in [-0.2, 0) is 9.59 Å². The van der Waals surface area contributed by atoms with Crippen LogP contribution in [0.4, 0.5) is 10.8 Å². The molecule has 0 unspecified atom stereocenters. The monoisotopic (exact) mass is 423 g/mol. The van der Waals surface area contributed by atoms with Crippen molar-refractivity contribution in [2.45, 2.75) is 0 Å². The van der Waals surface area contributed by atoms with Gasteiger partial charge >= 0.3 is 0 Å². The number of rotatable bonds is 4. The highest BCUT2D eigenvalue weighted by atomic mass is 32.1. The van der Waals surface area contributed by atoms with Gasteiger partial charge in [0.25, 0.3) is 5.91 Å². The lowest BCUT2D eigenvalue weighted by Gasteiger charge is -2.28. The number of thiazole rings is 1. The molecule has 0 saturated carbocycles. The molecule has 152 valence electrons. The van der Waals surface area contributed by atoms with Crippen LogP contribution in [0.3, 0.4) is 0 Å². The number of para-hydroxylation sites is 2. The number of nitrogens with zero attached hydrogens (tertiary/aromatic N) is 2. The van der Waals surface area contributed by atoms with E-state index >= 15 is 0 Å². The Morgan fingerprint density at radius 2 is 1.90 bits per heavy atom. The number of carbonyl (C=O) groups excluding carboxylic acids is 2. The Hall–Kier alpha value is -3.59. The molecule has 3 heterocycles. The third kappa shape index (κ3) is 3.55. The number of amides is 2. The molecule has 5 rings (SSSR count). The van der Waals surface area contributed by atoms with Crippen molar-refractivity contribution in [2.75, 3.05) is 36.6 Å². The molecule has 1 N–H and O–H groups in total. The van der Waals surface area contributed by atoms with Crippen LogP contribution >= 0.6 is 11.3 Å². The van der Waals surface area contributed by atoms with E-state index in [4.69, 9.17) is 14.2 Å². The van der Waals surface area contributed by atoms with Crippen molar-refractivity contribution < 1.29 is 23.8 Å². The van der Waals surface area contributed by atoms with Gasteiger partial charge in [-0.3, -0.25) is 14.5 Å². The molecule has 0 saturated heterocycles. The SMILES string of the molecule is O=C(CN1C(=O)COc2ccccc21)Nc1nc(-c2ccc3c(c2)OCCO3)cs1. The predicted molar refractivity (Wildman–Crippen MR) is 111 cm³/mol. The van der Waals surface area contributed by atoms with Gasteiger partial charge in [0.05, 0.1) is 11.4 Å². The lowest BCUT2D eigenvalue weighted by Crippen LogP contribution is -2.43. The highest BCUT2D eigenvalue weighted by Gasteiger charge is 2.27. The van der Waals surface area contributed by atoms with Crippen LogP contribution in [0.15, 0.2) is 47.8 Å². The van der Waals surface area contributed by atoms with Gasteiger partial charge in [0.2, 0.25) is 5.91 Å². The lowest BCUT2D eigenvalue weighted by molar-refractivity contribution is -0.123. The number of carbonyl (C=O) groups is 2. The summed E-state index contributed by atoms with van der Waals surface area (Å²) in [7, 11) is 0. The molecule has 3 aromatic rings. The van der Waals surface area contributed by atoms with E-state index in [0.717, 1.165) is 11.3 Å². The summed E-state index contributed by atoms with van der Waals surface area (Å²) >= 11 is 1.32. The fourth-order valence-electron chi connectivity index (χ4n) is 3.30. The van der Waals surface area contributed by atoms with Crippen molar-refractivity contribution in [2.24, 2.45) is 0 Å². The normalized spacial score (nSPS) is 14.7. The van der Waals surface area contributed by atoms with Gasteiger partial charge < -0.3 is 19.5 Å². The number of aromatic nitrogens is 1. The average molecular weight is 423 g/mol. The Morgan fingerprint density at radius 3 is 2.80 bits per heavy atom. The van der Waals surface area contributed by atoms with Crippen LogP contribution < -0.4 is 24.4 Å². The first-order chi connectivity index (χ1) is 14.7. The molecule has 8 nitrogen and oxygen atoms in total. The van der Waals surface area contributed by atoms with E-state index in [0.29, 0.717) is 41.3 Å². The maximum Gasteiger partial charge on any atom is 0.265 e. The van der Waals surface area contributed by atoms with E-state index in [1.54, 1.807) is 18.2 Å². The van der Waals surface area contributed by atoms with Crippen molar-refractivity contribution in [1.29, 1.82) is 0 Å². The summed E-state index contributed by atoms with van der Waals surface area (Å²) in [5, 5.41) is 5.09. The third-order valence-electron chi connectivity index (χ3n) is 4.70. The van der Waals surface area contributed by atoms with E-state index < -0.39 is 0 Å². The summed E-state index contributed by atoms with van der Waals surface area (Å²) in [4.78, 5) is 30.7. The fraction of sp³-hybridized carbons (Fsp3) is 0.190. The van der Waals surface area contributed by atoms with Crippen LogP contribution in [0.2, 0.25) is 0 Å². The molecule has 2 amide bonds. The molecule has 0 atom stereocenters. The Labute approximate surface area is 176 Å². The van der Waals surface area contributed by atoms with Crippen LogP contribution in [0.1, 0.15) is 0 Å². The number of hydrogen-bond acceptors (Lipinski definition) is 7. The molecule has 0 radical (unpaired) electrons. The van der Waals surface area contributed by atoms with Gasteiger partial charge in [0.15, 0.2) is 23.2 Å². The number of anilines is 2. The van der Waals surface area contributed by atoms with Gasteiger partial charge in [-0.1, -0.05) is 12.1 Å². The van der Waals surface area contributed by atoms with Crippen molar-refractivity contribution in [1.82, 2.24) is 4.98 Å². The van der Waals surface area contributed by atoms with Crippen molar-refractivity contribution >= 4 is 34.0 Å². The molecular weight excluding hydrogens is 406 g/mol. The van der Waals surface area contributed by atoms with E-state index in [2.05, 4.69) is 10.3 Å². The summed E-state index contributed by atoms with van der Waals surface area (Å²) in [5.74, 6) is 1.38. The molecule has 1 aromatic heterocycles. The minimum absolute atomic E-state index is 0.0875. The first-order valence-electron chi connectivity index (χ1n) is 9.35. The Morgan fingerprint density at radius 1 is 1.07 bits per heavy atom. The van der Waals surface area contributed by atoms with Crippen LogP contribution in [0, 0.1) is 0 Å². The number of ether oxygens (including phenoxy) is 3. The standard InChI is InChI=1S/C21H17N3O5S/c25-19(10-24-15-3-1-2-4-16(15)29-11-20(24)26)23-21-22-14(12-30-21)13-5-6-17-18(9-13)28-8-7-27-17/h1-6,9,12H,7-8,10-11H2,(H,22,23,25). The molecule has 2 aliphatic rings. The van der Waals surface area contributed by atoms with Crippen molar-refractivity contribution in [3.63, 3.8) is 0 Å². The van der Waals surface area contributed by atoms with Crippen LogP contribution in [0.25, 0.3) is 11.3 Å². The zero-order valence-electron chi connectivity index (χ0n) is 15.8. The van der Waals surface area contributed by atoms with Gasteiger partial charge in [0, 0.05) is 10.9 Å². The number of hydrogen-bond donors (Lipinski definition) is 1. The van der Waals surface area contributed by atoms with Gasteiger partial charge in [-0.15, -0.1) is 11.3 Å².